The van der Waals surface area contributed by atoms with Gasteiger partial charge >= 0.3 is 0 Å². The van der Waals surface area contributed by atoms with Crippen LogP contribution in [0.4, 0.5) is 0 Å². The lowest BCUT2D eigenvalue weighted by Crippen LogP contribution is -2.39. The van der Waals surface area contributed by atoms with Crippen molar-refractivity contribution in [3.05, 3.63) is 47.0 Å². The van der Waals surface area contributed by atoms with E-state index in [2.05, 4.69) is 20.5 Å². The van der Waals surface area contributed by atoms with Gasteiger partial charge in [0.05, 0.1) is 12.1 Å². The van der Waals surface area contributed by atoms with E-state index in [1.807, 2.05) is 12.1 Å². The summed E-state index contributed by atoms with van der Waals surface area (Å²) in [6, 6.07) is 3.28. The lowest BCUT2D eigenvalue weighted by atomic mass is 9.95. The summed E-state index contributed by atoms with van der Waals surface area (Å²) < 4.78 is 0. The molecule has 4 rings (SSSR count). The molecule has 2 atom stereocenters. The molecule has 0 saturated carbocycles. The van der Waals surface area contributed by atoms with Crippen LogP contribution < -0.4 is 5.32 Å². The zero-order valence-electron chi connectivity index (χ0n) is 14.2. The first-order chi connectivity index (χ1) is 12.1. The highest BCUT2D eigenvalue weighted by atomic mass is 16.2. The van der Waals surface area contributed by atoms with E-state index in [0.29, 0.717) is 5.69 Å². The Balaban J connectivity index is 1.57. The van der Waals surface area contributed by atoms with Crippen LogP contribution in [0, 0.1) is 0 Å². The van der Waals surface area contributed by atoms with Crippen molar-refractivity contribution in [3.8, 4) is 0 Å². The molecule has 2 N–H and O–H groups in total. The van der Waals surface area contributed by atoms with Crippen LogP contribution in [0.3, 0.4) is 0 Å². The number of nitrogens with zero attached hydrogens (tertiary/aromatic N) is 3. The first kappa shape index (κ1) is 15.8. The minimum absolute atomic E-state index is 0.0169. The molecule has 0 unspecified atom stereocenters. The monoisotopic (exact) mass is 339 g/mol. The number of aromatic nitrogens is 3. The van der Waals surface area contributed by atoms with E-state index in [1.165, 1.54) is 0 Å². The first-order valence-electron chi connectivity index (χ1n) is 8.67. The molecule has 1 saturated heterocycles. The summed E-state index contributed by atoms with van der Waals surface area (Å²) in [6.45, 7) is 0. The van der Waals surface area contributed by atoms with Gasteiger partial charge in [-0.2, -0.15) is 5.10 Å². The topological polar surface area (TPSA) is 91.0 Å². The van der Waals surface area contributed by atoms with Gasteiger partial charge < -0.3 is 10.2 Å². The van der Waals surface area contributed by atoms with Crippen molar-refractivity contribution in [2.75, 3.05) is 7.05 Å². The summed E-state index contributed by atoms with van der Waals surface area (Å²) in [5, 5.41) is 10.3. The molecule has 1 fully saturated rings. The Morgan fingerprint density at radius 2 is 2.20 bits per heavy atom. The Morgan fingerprint density at radius 3 is 3.00 bits per heavy atom. The van der Waals surface area contributed by atoms with Crippen LogP contribution in [0.25, 0.3) is 0 Å². The molecule has 25 heavy (non-hydrogen) atoms. The normalized spacial score (nSPS) is 22.8. The van der Waals surface area contributed by atoms with E-state index in [-0.39, 0.29) is 30.3 Å². The number of rotatable bonds is 3. The molecule has 1 aliphatic heterocycles. The van der Waals surface area contributed by atoms with Crippen molar-refractivity contribution >= 4 is 11.8 Å². The van der Waals surface area contributed by atoms with Crippen LogP contribution in [0.1, 0.15) is 52.6 Å². The summed E-state index contributed by atoms with van der Waals surface area (Å²) in [5.41, 5.74) is 3.49. The predicted molar refractivity (Wildman–Crippen MR) is 90.8 cm³/mol. The molecule has 0 spiro atoms. The van der Waals surface area contributed by atoms with Gasteiger partial charge in [-0.1, -0.05) is 6.07 Å². The van der Waals surface area contributed by atoms with Crippen molar-refractivity contribution in [2.45, 2.75) is 44.2 Å². The van der Waals surface area contributed by atoms with Gasteiger partial charge in [-0.05, 0) is 37.3 Å². The summed E-state index contributed by atoms with van der Waals surface area (Å²) in [4.78, 5) is 30.8. The lowest BCUT2D eigenvalue weighted by molar-refractivity contribution is -0.127. The smallest absolute Gasteiger partial charge is 0.272 e. The third-order valence-corrected chi connectivity index (χ3v) is 5.20. The number of fused-ring (bicyclic) bond motifs is 1. The second kappa shape index (κ2) is 6.31. The van der Waals surface area contributed by atoms with Crippen LogP contribution in [0.5, 0.6) is 0 Å². The number of likely N-dealkylation sites (N-methyl/N-ethyl adjacent to an activating group) is 1. The van der Waals surface area contributed by atoms with Gasteiger partial charge in [0.1, 0.15) is 0 Å². The number of H-pyrrole nitrogens is 1. The van der Waals surface area contributed by atoms with Gasteiger partial charge in [-0.25, -0.2) is 0 Å². The number of pyridine rings is 1. The fourth-order valence-electron chi connectivity index (χ4n) is 3.91. The molecule has 0 bridgehead atoms. The van der Waals surface area contributed by atoms with Gasteiger partial charge in [0.2, 0.25) is 5.91 Å². The SMILES string of the molecule is CN1C(=O)C[C@@H](NC(=O)c2n[nH]c3c2CCCC3)[C@@H]1c1cccnc1. The fraction of sp³-hybridized carbons (Fsp3) is 0.444. The zero-order valence-corrected chi connectivity index (χ0v) is 14.2. The van der Waals surface area contributed by atoms with Crippen molar-refractivity contribution in [1.82, 2.24) is 25.4 Å². The quantitative estimate of drug-likeness (QED) is 0.884. The summed E-state index contributed by atoms with van der Waals surface area (Å²) in [5.74, 6) is -0.190. The van der Waals surface area contributed by atoms with Crippen molar-refractivity contribution in [3.63, 3.8) is 0 Å². The fourth-order valence-corrected chi connectivity index (χ4v) is 3.91. The summed E-state index contributed by atoms with van der Waals surface area (Å²) in [7, 11) is 1.77. The van der Waals surface area contributed by atoms with Crippen LogP contribution in [-0.2, 0) is 17.6 Å². The van der Waals surface area contributed by atoms with Gasteiger partial charge in [-0.3, -0.25) is 19.7 Å². The second-order valence-electron chi connectivity index (χ2n) is 6.76. The van der Waals surface area contributed by atoms with Crippen LogP contribution in [0.15, 0.2) is 24.5 Å². The maximum Gasteiger partial charge on any atom is 0.272 e. The van der Waals surface area contributed by atoms with Gasteiger partial charge in [0.25, 0.3) is 5.91 Å². The van der Waals surface area contributed by atoms with Crippen molar-refractivity contribution in [1.29, 1.82) is 0 Å². The summed E-state index contributed by atoms with van der Waals surface area (Å²) in [6.07, 6.45) is 7.76. The molecule has 130 valence electrons. The molecule has 2 aromatic heterocycles. The van der Waals surface area contributed by atoms with E-state index >= 15 is 0 Å². The third-order valence-electron chi connectivity index (χ3n) is 5.20. The maximum atomic E-state index is 12.8. The molecule has 1 aliphatic carbocycles. The Bertz CT molecular complexity index is 801. The van der Waals surface area contributed by atoms with E-state index in [0.717, 1.165) is 42.5 Å². The molecule has 7 heteroatoms. The van der Waals surface area contributed by atoms with E-state index in [1.54, 1.807) is 24.3 Å². The third kappa shape index (κ3) is 2.79. The van der Waals surface area contributed by atoms with Crippen LogP contribution >= 0.6 is 0 Å². The lowest BCUT2D eigenvalue weighted by Gasteiger charge is -2.25. The van der Waals surface area contributed by atoms with Crippen molar-refractivity contribution in [2.24, 2.45) is 0 Å². The van der Waals surface area contributed by atoms with E-state index in [9.17, 15) is 9.59 Å². The van der Waals surface area contributed by atoms with E-state index < -0.39 is 0 Å². The van der Waals surface area contributed by atoms with Gasteiger partial charge in [0.15, 0.2) is 5.69 Å². The minimum Gasteiger partial charge on any atom is -0.345 e. The molecule has 2 aromatic rings. The molecule has 2 amide bonds. The first-order valence-corrected chi connectivity index (χ1v) is 8.67. The number of likely N-dealkylation sites (tertiary alicyclic amines) is 1. The molecule has 0 radical (unpaired) electrons. The highest BCUT2D eigenvalue weighted by Crippen LogP contribution is 2.32. The molecule has 0 aromatic carbocycles. The Hall–Kier alpha value is -2.70. The maximum absolute atomic E-state index is 12.8. The average Bonchev–Trinajstić information content (AvgIpc) is 3.17. The minimum atomic E-state index is -0.287. The molecule has 2 aliphatic rings. The number of hydrogen-bond acceptors (Lipinski definition) is 4. The number of amides is 2. The number of aryl methyl sites for hydroxylation is 1. The molecule has 3 heterocycles. The number of aromatic amines is 1. The summed E-state index contributed by atoms with van der Waals surface area (Å²) >= 11 is 0. The van der Waals surface area contributed by atoms with Gasteiger partial charge in [-0.15, -0.1) is 0 Å². The number of hydrogen-bond donors (Lipinski definition) is 2. The zero-order chi connectivity index (χ0) is 17.4. The van der Waals surface area contributed by atoms with Crippen LogP contribution in [0.2, 0.25) is 0 Å². The predicted octanol–water partition coefficient (Wildman–Crippen LogP) is 1.39. The van der Waals surface area contributed by atoms with E-state index in [4.69, 9.17) is 0 Å². The standard InChI is InChI=1S/C18H21N5O2/c1-23-15(24)9-14(17(23)11-5-4-8-19-10-11)20-18(25)16-12-6-2-3-7-13(12)21-22-16/h4-5,8,10,14,17H,2-3,6-7,9H2,1H3,(H,20,25)(H,21,22)/t14-,17+/m1/s1. The highest BCUT2D eigenvalue weighted by molar-refractivity contribution is 5.95. The van der Waals surface area contributed by atoms with Crippen molar-refractivity contribution < 1.29 is 9.59 Å². The number of nitrogens with one attached hydrogen (secondary N) is 2. The largest absolute Gasteiger partial charge is 0.345 e. The Labute approximate surface area is 145 Å². The average molecular weight is 339 g/mol. The molecular weight excluding hydrogens is 318 g/mol. The highest BCUT2D eigenvalue weighted by Gasteiger charge is 2.40. The molecule has 7 nitrogen and oxygen atoms in total. The number of carbonyl (C=O) groups excluding carboxylic acids is 2. The number of carbonyl (C=O) groups is 2. The second-order valence-corrected chi connectivity index (χ2v) is 6.76. The van der Waals surface area contributed by atoms with Gasteiger partial charge in [0, 0.05) is 37.1 Å². The van der Waals surface area contributed by atoms with Crippen LogP contribution in [-0.4, -0.2) is 45.0 Å². The molecular formula is C18H21N5O2. The Kier molecular flexibility index (Phi) is 3.99. The Morgan fingerprint density at radius 1 is 1.36 bits per heavy atom.